The van der Waals surface area contributed by atoms with Crippen molar-refractivity contribution in [3.8, 4) is 0 Å². The van der Waals surface area contributed by atoms with Crippen molar-refractivity contribution < 1.29 is 9.53 Å². The average molecular weight is 280 g/mol. The van der Waals surface area contributed by atoms with Crippen LogP contribution in [-0.2, 0) is 16.0 Å². The topological polar surface area (TPSA) is 26.3 Å². The van der Waals surface area contributed by atoms with Crippen molar-refractivity contribution in [3.63, 3.8) is 0 Å². The third-order valence-corrected chi connectivity index (χ3v) is 3.99. The lowest BCUT2D eigenvalue weighted by atomic mass is 9.94. The molecule has 1 heterocycles. The quantitative estimate of drug-likeness (QED) is 0.842. The van der Waals surface area contributed by atoms with E-state index in [2.05, 4.69) is 24.3 Å². The Morgan fingerprint density at radius 1 is 0.905 bits per heavy atom. The van der Waals surface area contributed by atoms with Gasteiger partial charge < -0.3 is 4.74 Å². The van der Waals surface area contributed by atoms with E-state index in [1.807, 2.05) is 36.4 Å². The Balaban J connectivity index is 1.62. The number of benzene rings is 2. The first kappa shape index (κ1) is 14.0. The number of Topliss-reactive ketones (excluding diaryl/α,β-unsaturated/α-hetero) is 1. The van der Waals surface area contributed by atoms with Gasteiger partial charge in [-0.05, 0) is 24.0 Å². The molecular formula is C19H20O2. The second-order valence-electron chi connectivity index (χ2n) is 5.63. The molecule has 1 aliphatic rings. The van der Waals surface area contributed by atoms with E-state index < -0.39 is 0 Å². The lowest BCUT2D eigenvalue weighted by Crippen LogP contribution is -2.28. The second kappa shape index (κ2) is 6.68. The molecule has 2 aromatic rings. The highest BCUT2D eigenvalue weighted by Gasteiger charge is 2.28. The van der Waals surface area contributed by atoms with Gasteiger partial charge in [0.25, 0.3) is 0 Å². The highest BCUT2D eigenvalue weighted by molar-refractivity contribution is 5.80. The van der Waals surface area contributed by atoms with Gasteiger partial charge in [0, 0.05) is 12.8 Å². The molecule has 0 unspecified atom stereocenters. The number of aryl methyl sites for hydroxylation is 1. The minimum Gasteiger partial charge on any atom is -0.369 e. The molecule has 3 rings (SSSR count). The summed E-state index contributed by atoms with van der Waals surface area (Å²) >= 11 is 0. The number of hydrogen-bond acceptors (Lipinski definition) is 2. The monoisotopic (exact) mass is 280 g/mol. The summed E-state index contributed by atoms with van der Waals surface area (Å²) in [5.74, 6) is 0.313. The van der Waals surface area contributed by atoms with E-state index in [-0.39, 0.29) is 12.2 Å². The zero-order chi connectivity index (χ0) is 14.5. The van der Waals surface area contributed by atoms with E-state index in [0.29, 0.717) is 18.6 Å². The van der Waals surface area contributed by atoms with Gasteiger partial charge in [0.2, 0.25) is 0 Å². The summed E-state index contributed by atoms with van der Waals surface area (Å²) in [7, 11) is 0. The molecule has 108 valence electrons. The predicted molar refractivity (Wildman–Crippen MR) is 83.1 cm³/mol. The molecule has 1 fully saturated rings. The number of ether oxygens (including phenoxy) is 1. The molecule has 1 saturated heterocycles. The van der Waals surface area contributed by atoms with Crippen LogP contribution in [0.15, 0.2) is 60.7 Å². The maximum absolute atomic E-state index is 12.0. The van der Waals surface area contributed by atoms with Crippen LogP contribution in [0, 0.1) is 0 Å². The molecule has 0 amide bonds. The van der Waals surface area contributed by atoms with Crippen LogP contribution in [0.2, 0.25) is 0 Å². The molecule has 0 aliphatic carbocycles. The maximum atomic E-state index is 12.0. The second-order valence-corrected chi connectivity index (χ2v) is 5.63. The van der Waals surface area contributed by atoms with Crippen LogP contribution < -0.4 is 0 Å². The van der Waals surface area contributed by atoms with E-state index >= 15 is 0 Å². The lowest BCUT2D eigenvalue weighted by molar-refractivity contribution is -0.136. The third kappa shape index (κ3) is 3.79. The summed E-state index contributed by atoms with van der Waals surface area (Å²) < 4.78 is 6.14. The predicted octanol–water partition coefficient (Wildman–Crippen LogP) is 4.11. The Morgan fingerprint density at radius 3 is 2.29 bits per heavy atom. The molecule has 1 aliphatic heterocycles. The summed E-state index contributed by atoms with van der Waals surface area (Å²) in [5.41, 5.74) is 2.41. The molecule has 0 radical (unpaired) electrons. The van der Waals surface area contributed by atoms with Gasteiger partial charge in [-0.3, -0.25) is 4.79 Å². The molecule has 2 atom stereocenters. The standard InChI is InChI=1S/C19H20O2/c20-17-13-18(12-11-15-7-3-1-4-8-15)21-19(14-17)16-9-5-2-6-10-16/h1-10,18-19H,11-14H2/t18-,19+/m1/s1. The Bertz CT molecular complexity index is 577. The molecule has 0 saturated carbocycles. The normalized spacial score (nSPS) is 22.2. The SMILES string of the molecule is O=C1C[C@@H](CCc2ccccc2)O[C@H](c2ccccc2)C1. The maximum Gasteiger partial charge on any atom is 0.138 e. The fourth-order valence-electron chi connectivity index (χ4n) is 2.88. The first-order chi connectivity index (χ1) is 10.3. The fraction of sp³-hybridized carbons (Fsp3) is 0.316. The van der Waals surface area contributed by atoms with Gasteiger partial charge in [-0.15, -0.1) is 0 Å². The van der Waals surface area contributed by atoms with Crippen molar-refractivity contribution in [1.29, 1.82) is 0 Å². The van der Waals surface area contributed by atoms with Crippen LogP contribution in [0.1, 0.15) is 36.5 Å². The van der Waals surface area contributed by atoms with E-state index in [4.69, 9.17) is 4.74 Å². The summed E-state index contributed by atoms with van der Waals surface area (Å²) in [6.45, 7) is 0. The lowest BCUT2D eigenvalue weighted by Gasteiger charge is -2.29. The molecule has 0 aromatic heterocycles. The van der Waals surface area contributed by atoms with Crippen molar-refractivity contribution in [2.24, 2.45) is 0 Å². The van der Waals surface area contributed by atoms with Crippen molar-refractivity contribution in [1.82, 2.24) is 0 Å². The van der Waals surface area contributed by atoms with E-state index in [0.717, 1.165) is 18.4 Å². The van der Waals surface area contributed by atoms with Gasteiger partial charge in [-0.25, -0.2) is 0 Å². The highest BCUT2D eigenvalue weighted by Crippen LogP contribution is 2.30. The first-order valence-electron chi connectivity index (χ1n) is 7.57. The molecule has 0 bridgehead atoms. The highest BCUT2D eigenvalue weighted by atomic mass is 16.5. The number of carbonyl (C=O) groups excluding carboxylic acids is 1. The Morgan fingerprint density at radius 2 is 1.57 bits per heavy atom. The van der Waals surface area contributed by atoms with Gasteiger partial charge in [-0.2, -0.15) is 0 Å². The molecule has 2 nitrogen and oxygen atoms in total. The largest absolute Gasteiger partial charge is 0.369 e. The third-order valence-electron chi connectivity index (χ3n) is 3.99. The molecular weight excluding hydrogens is 260 g/mol. The molecule has 21 heavy (non-hydrogen) atoms. The smallest absolute Gasteiger partial charge is 0.138 e. The summed E-state index contributed by atoms with van der Waals surface area (Å²) in [5, 5.41) is 0. The van der Waals surface area contributed by atoms with Crippen molar-refractivity contribution in [3.05, 3.63) is 71.8 Å². The molecule has 2 aromatic carbocycles. The number of hydrogen-bond donors (Lipinski definition) is 0. The van der Waals surface area contributed by atoms with Gasteiger partial charge in [0.15, 0.2) is 0 Å². The Labute approximate surface area is 125 Å². The summed E-state index contributed by atoms with van der Waals surface area (Å²) in [6, 6.07) is 20.4. The number of rotatable bonds is 4. The minimum atomic E-state index is -0.0757. The van der Waals surface area contributed by atoms with Crippen LogP contribution in [-0.4, -0.2) is 11.9 Å². The first-order valence-corrected chi connectivity index (χ1v) is 7.57. The van der Waals surface area contributed by atoms with Crippen LogP contribution in [0.5, 0.6) is 0 Å². The average Bonchev–Trinajstić information content (AvgIpc) is 2.54. The number of ketones is 1. The van der Waals surface area contributed by atoms with Crippen LogP contribution >= 0.6 is 0 Å². The summed E-state index contributed by atoms with van der Waals surface area (Å²) in [4.78, 5) is 12.0. The molecule has 2 heteroatoms. The van der Waals surface area contributed by atoms with Gasteiger partial charge in [0.1, 0.15) is 5.78 Å². The zero-order valence-electron chi connectivity index (χ0n) is 12.1. The van der Waals surface area contributed by atoms with Crippen molar-refractivity contribution in [2.45, 2.75) is 37.9 Å². The van der Waals surface area contributed by atoms with Crippen molar-refractivity contribution in [2.75, 3.05) is 0 Å². The van der Waals surface area contributed by atoms with Gasteiger partial charge in [0.05, 0.1) is 12.2 Å². The molecule has 0 N–H and O–H groups in total. The number of carbonyl (C=O) groups is 1. The fourth-order valence-corrected chi connectivity index (χ4v) is 2.88. The zero-order valence-corrected chi connectivity index (χ0v) is 12.1. The van der Waals surface area contributed by atoms with Gasteiger partial charge in [-0.1, -0.05) is 60.7 Å². The Hall–Kier alpha value is -1.93. The van der Waals surface area contributed by atoms with Crippen molar-refractivity contribution >= 4 is 5.78 Å². The van der Waals surface area contributed by atoms with E-state index in [1.165, 1.54) is 5.56 Å². The minimum absolute atomic E-state index is 0.0386. The van der Waals surface area contributed by atoms with E-state index in [9.17, 15) is 4.79 Å². The Kier molecular flexibility index (Phi) is 4.46. The van der Waals surface area contributed by atoms with Crippen LogP contribution in [0.4, 0.5) is 0 Å². The molecule has 0 spiro atoms. The van der Waals surface area contributed by atoms with Crippen LogP contribution in [0.3, 0.4) is 0 Å². The van der Waals surface area contributed by atoms with Crippen LogP contribution in [0.25, 0.3) is 0 Å². The van der Waals surface area contributed by atoms with E-state index in [1.54, 1.807) is 0 Å². The van der Waals surface area contributed by atoms with Gasteiger partial charge >= 0.3 is 0 Å². The summed E-state index contributed by atoms with van der Waals surface area (Å²) in [6.07, 6.45) is 2.88.